The number of amides is 2. The van der Waals surface area contributed by atoms with Crippen molar-refractivity contribution in [1.29, 1.82) is 0 Å². The van der Waals surface area contributed by atoms with Crippen LogP contribution in [0.15, 0.2) is 84.9 Å². The minimum atomic E-state index is -1.16. The highest BCUT2D eigenvalue weighted by atomic mass is 32.1. The Labute approximate surface area is 209 Å². The van der Waals surface area contributed by atoms with Gasteiger partial charge in [0.1, 0.15) is 11.3 Å². The third kappa shape index (κ3) is 5.94. The Morgan fingerprint density at radius 3 is 2.17 bits per heavy atom. The summed E-state index contributed by atoms with van der Waals surface area (Å²) in [6.07, 6.45) is 0.705. The van der Waals surface area contributed by atoms with Gasteiger partial charge in [0.25, 0.3) is 11.8 Å². The van der Waals surface area contributed by atoms with E-state index in [1.54, 1.807) is 45.2 Å². The number of ether oxygens (including phenoxy) is 1. The van der Waals surface area contributed by atoms with Gasteiger partial charge in [-0.05, 0) is 43.7 Å². The van der Waals surface area contributed by atoms with Crippen molar-refractivity contribution < 1.29 is 14.3 Å². The zero-order valence-electron chi connectivity index (χ0n) is 19.9. The van der Waals surface area contributed by atoms with E-state index in [1.165, 1.54) is 16.9 Å². The van der Waals surface area contributed by atoms with Crippen LogP contribution in [-0.4, -0.2) is 29.4 Å². The zero-order chi connectivity index (χ0) is 24.8. The molecular weight excluding hydrogens is 458 g/mol. The molecule has 178 valence electrons. The molecule has 0 aliphatic heterocycles. The second kappa shape index (κ2) is 10.5. The van der Waals surface area contributed by atoms with Gasteiger partial charge in [0.15, 0.2) is 5.13 Å². The Morgan fingerprint density at radius 1 is 0.914 bits per heavy atom. The van der Waals surface area contributed by atoms with Crippen molar-refractivity contribution >= 4 is 28.3 Å². The number of hydrogen-bond donors (Lipinski definition) is 2. The van der Waals surface area contributed by atoms with Crippen molar-refractivity contribution in [3.63, 3.8) is 0 Å². The molecule has 4 rings (SSSR count). The maximum Gasteiger partial charge on any atom is 0.252 e. The van der Waals surface area contributed by atoms with Crippen molar-refractivity contribution in [2.75, 3.05) is 12.4 Å². The van der Waals surface area contributed by atoms with Crippen molar-refractivity contribution in [2.45, 2.75) is 25.8 Å². The van der Waals surface area contributed by atoms with Crippen molar-refractivity contribution in [3.8, 4) is 17.0 Å². The molecule has 0 unspecified atom stereocenters. The molecule has 0 saturated carbocycles. The molecule has 3 aromatic carbocycles. The fraction of sp³-hybridized carbons (Fsp3) is 0.179. The van der Waals surface area contributed by atoms with E-state index in [2.05, 4.69) is 22.8 Å². The summed E-state index contributed by atoms with van der Waals surface area (Å²) in [6, 6.07) is 26.8. The van der Waals surface area contributed by atoms with E-state index in [9.17, 15) is 9.59 Å². The van der Waals surface area contributed by atoms with E-state index in [0.717, 1.165) is 16.1 Å². The molecule has 7 heteroatoms. The molecule has 4 aromatic rings. The van der Waals surface area contributed by atoms with E-state index in [0.29, 0.717) is 22.9 Å². The van der Waals surface area contributed by atoms with Gasteiger partial charge in [-0.15, -0.1) is 11.3 Å². The first kappa shape index (κ1) is 24.2. The monoisotopic (exact) mass is 485 g/mol. The highest BCUT2D eigenvalue weighted by Gasteiger charge is 2.31. The molecule has 0 radical (unpaired) electrons. The van der Waals surface area contributed by atoms with E-state index >= 15 is 0 Å². The Kier molecular flexibility index (Phi) is 7.27. The van der Waals surface area contributed by atoms with Crippen LogP contribution in [-0.2, 0) is 11.2 Å². The molecular formula is C28H27N3O3S. The van der Waals surface area contributed by atoms with Gasteiger partial charge in [0.2, 0.25) is 0 Å². The van der Waals surface area contributed by atoms with Crippen LogP contribution in [0.25, 0.3) is 11.3 Å². The van der Waals surface area contributed by atoms with Gasteiger partial charge in [0.05, 0.1) is 12.8 Å². The largest absolute Gasteiger partial charge is 0.497 e. The number of rotatable bonds is 8. The van der Waals surface area contributed by atoms with Crippen molar-refractivity contribution in [1.82, 2.24) is 10.3 Å². The second-order valence-electron chi connectivity index (χ2n) is 8.58. The minimum Gasteiger partial charge on any atom is -0.497 e. The van der Waals surface area contributed by atoms with Crippen LogP contribution in [0, 0.1) is 0 Å². The Balaban J connectivity index is 1.53. The highest BCUT2D eigenvalue weighted by Crippen LogP contribution is 2.33. The summed E-state index contributed by atoms with van der Waals surface area (Å²) < 4.78 is 5.13. The van der Waals surface area contributed by atoms with Gasteiger partial charge in [-0.1, -0.05) is 60.7 Å². The van der Waals surface area contributed by atoms with E-state index in [4.69, 9.17) is 9.72 Å². The van der Waals surface area contributed by atoms with Crippen LogP contribution in [0.3, 0.4) is 0 Å². The summed E-state index contributed by atoms with van der Waals surface area (Å²) in [5.74, 6) is -0.0384. The first-order valence-corrected chi connectivity index (χ1v) is 12.0. The Bertz CT molecular complexity index is 1300. The number of nitrogens with one attached hydrogen (secondary N) is 2. The summed E-state index contributed by atoms with van der Waals surface area (Å²) in [5.41, 5.74) is 2.28. The van der Waals surface area contributed by atoms with Gasteiger partial charge in [0, 0.05) is 22.4 Å². The molecule has 1 aromatic heterocycles. The van der Waals surface area contributed by atoms with Crippen LogP contribution >= 0.6 is 11.3 Å². The van der Waals surface area contributed by atoms with Crippen LogP contribution < -0.4 is 15.4 Å². The maximum atomic E-state index is 13.1. The SMILES string of the molecule is COc1ccc(C(=O)NC(C)(C)C(=O)Nc2nc(-c3ccccc3)c(Cc3ccccc3)s2)cc1. The van der Waals surface area contributed by atoms with E-state index < -0.39 is 5.54 Å². The number of anilines is 1. The molecule has 0 saturated heterocycles. The maximum absolute atomic E-state index is 13.1. The predicted molar refractivity (Wildman–Crippen MR) is 140 cm³/mol. The van der Waals surface area contributed by atoms with E-state index in [-0.39, 0.29) is 11.8 Å². The molecule has 0 aliphatic carbocycles. The van der Waals surface area contributed by atoms with Crippen LogP contribution in [0.5, 0.6) is 5.75 Å². The predicted octanol–water partition coefficient (Wildman–Crippen LogP) is 5.56. The topological polar surface area (TPSA) is 80.3 Å². The standard InChI is InChI=1S/C28H27N3O3S/c1-28(2,31-25(32)21-14-16-22(34-3)17-15-21)26(33)30-27-29-24(20-12-8-5-9-13-20)23(35-27)18-19-10-6-4-7-11-19/h4-17H,18H2,1-3H3,(H,31,32)(H,29,30,33). The first-order chi connectivity index (χ1) is 16.9. The van der Waals surface area contributed by atoms with Gasteiger partial charge in [-0.3, -0.25) is 14.9 Å². The second-order valence-corrected chi connectivity index (χ2v) is 9.66. The smallest absolute Gasteiger partial charge is 0.252 e. The van der Waals surface area contributed by atoms with Gasteiger partial charge in [-0.2, -0.15) is 0 Å². The number of carbonyl (C=O) groups is 2. The lowest BCUT2D eigenvalue weighted by Crippen LogP contribution is -2.52. The molecule has 0 spiro atoms. The molecule has 6 nitrogen and oxygen atoms in total. The average molecular weight is 486 g/mol. The number of carbonyl (C=O) groups excluding carboxylic acids is 2. The van der Waals surface area contributed by atoms with Crippen LogP contribution in [0.1, 0.15) is 34.6 Å². The molecule has 0 bridgehead atoms. The molecule has 0 fully saturated rings. The Hall–Kier alpha value is -3.97. The third-order valence-electron chi connectivity index (χ3n) is 5.52. The summed E-state index contributed by atoms with van der Waals surface area (Å²) in [5, 5.41) is 6.21. The average Bonchev–Trinajstić information content (AvgIpc) is 3.26. The molecule has 0 aliphatic rings. The van der Waals surface area contributed by atoms with Gasteiger partial charge in [-0.25, -0.2) is 4.98 Å². The zero-order valence-corrected chi connectivity index (χ0v) is 20.7. The normalized spacial score (nSPS) is 11.1. The van der Waals surface area contributed by atoms with Gasteiger partial charge < -0.3 is 10.1 Å². The number of benzene rings is 3. The number of nitrogens with zero attached hydrogens (tertiary/aromatic N) is 1. The minimum absolute atomic E-state index is 0.346. The lowest BCUT2D eigenvalue weighted by molar-refractivity contribution is -0.120. The quantitative estimate of drug-likeness (QED) is 0.343. The third-order valence-corrected chi connectivity index (χ3v) is 6.49. The number of hydrogen-bond acceptors (Lipinski definition) is 5. The van der Waals surface area contributed by atoms with Crippen molar-refractivity contribution in [2.24, 2.45) is 0 Å². The van der Waals surface area contributed by atoms with E-state index in [1.807, 2.05) is 48.5 Å². The lowest BCUT2D eigenvalue weighted by Gasteiger charge is -2.24. The van der Waals surface area contributed by atoms with Crippen LogP contribution in [0.2, 0.25) is 0 Å². The molecule has 2 N–H and O–H groups in total. The summed E-state index contributed by atoms with van der Waals surface area (Å²) in [4.78, 5) is 31.7. The van der Waals surface area contributed by atoms with Crippen molar-refractivity contribution in [3.05, 3.63) is 101 Å². The molecule has 0 atom stereocenters. The number of thiazole rings is 1. The summed E-state index contributed by atoms with van der Waals surface area (Å²) in [6.45, 7) is 3.33. The molecule has 35 heavy (non-hydrogen) atoms. The molecule has 2 amide bonds. The summed E-state index contributed by atoms with van der Waals surface area (Å²) in [7, 11) is 1.57. The summed E-state index contributed by atoms with van der Waals surface area (Å²) >= 11 is 1.44. The number of aromatic nitrogens is 1. The highest BCUT2D eigenvalue weighted by molar-refractivity contribution is 7.16. The fourth-order valence-electron chi connectivity index (χ4n) is 3.54. The van der Waals surface area contributed by atoms with Crippen LogP contribution in [0.4, 0.5) is 5.13 Å². The number of methoxy groups -OCH3 is 1. The first-order valence-electron chi connectivity index (χ1n) is 11.2. The lowest BCUT2D eigenvalue weighted by atomic mass is 10.0. The fourth-order valence-corrected chi connectivity index (χ4v) is 4.55. The molecule has 1 heterocycles. The van der Waals surface area contributed by atoms with Gasteiger partial charge >= 0.3 is 0 Å². The Morgan fingerprint density at radius 2 is 1.54 bits per heavy atom.